The molecule has 0 aliphatic carbocycles. The number of anilines is 1. The first kappa shape index (κ1) is 15.9. The fourth-order valence-corrected chi connectivity index (χ4v) is 2.94. The first-order valence-electron chi connectivity index (χ1n) is 6.61. The lowest BCUT2D eigenvalue weighted by atomic mass is 10.3. The average molecular weight is 324 g/mol. The lowest BCUT2D eigenvalue weighted by molar-refractivity contribution is -0.115. The number of hydrogen-bond donors (Lipinski definition) is 1. The molecular weight excluding hydrogens is 306 g/mol. The molecule has 0 saturated carbocycles. The van der Waals surface area contributed by atoms with Gasteiger partial charge in [-0.3, -0.25) is 9.48 Å². The third-order valence-corrected chi connectivity index (χ3v) is 4.62. The van der Waals surface area contributed by atoms with Gasteiger partial charge in [0, 0.05) is 17.0 Å². The maximum atomic E-state index is 12.3. The highest BCUT2D eigenvalue weighted by Crippen LogP contribution is 2.26. The minimum atomic E-state index is -0.204. The molecule has 0 bridgehead atoms. The van der Waals surface area contributed by atoms with E-state index in [-0.39, 0.29) is 11.2 Å². The second-order valence-electron chi connectivity index (χ2n) is 4.87. The van der Waals surface area contributed by atoms with Crippen LogP contribution in [-0.4, -0.2) is 20.9 Å². The highest BCUT2D eigenvalue weighted by molar-refractivity contribution is 8.00. The van der Waals surface area contributed by atoms with E-state index in [1.54, 1.807) is 4.68 Å². The van der Waals surface area contributed by atoms with Gasteiger partial charge in [-0.05, 0) is 45.0 Å². The Bertz CT molecular complexity index is 652. The normalized spacial score (nSPS) is 12.2. The van der Waals surface area contributed by atoms with Gasteiger partial charge in [-0.2, -0.15) is 5.10 Å². The molecule has 0 saturated heterocycles. The van der Waals surface area contributed by atoms with Crippen molar-refractivity contribution in [2.45, 2.75) is 30.9 Å². The maximum Gasteiger partial charge on any atom is 0.237 e. The summed E-state index contributed by atoms with van der Waals surface area (Å²) in [6.45, 7) is 5.71. The Morgan fingerprint density at radius 3 is 2.48 bits per heavy atom. The second kappa shape index (κ2) is 6.54. The van der Waals surface area contributed by atoms with E-state index in [1.807, 2.05) is 52.1 Å². The van der Waals surface area contributed by atoms with Crippen LogP contribution < -0.4 is 5.32 Å². The summed E-state index contributed by atoms with van der Waals surface area (Å²) in [6, 6.07) is 7.47. The van der Waals surface area contributed by atoms with Crippen LogP contribution in [0.15, 0.2) is 29.2 Å². The van der Waals surface area contributed by atoms with Crippen LogP contribution in [0.5, 0.6) is 0 Å². The minimum absolute atomic E-state index is 0.0332. The number of carbonyl (C=O) groups excluding carboxylic acids is 1. The number of carbonyl (C=O) groups is 1. The van der Waals surface area contributed by atoms with Gasteiger partial charge < -0.3 is 5.32 Å². The Kier molecular flexibility index (Phi) is 4.96. The third kappa shape index (κ3) is 3.80. The molecule has 1 aromatic heterocycles. The van der Waals surface area contributed by atoms with Crippen LogP contribution in [0.4, 0.5) is 5.69 Å². The summed E-state index contributed by atoms with van der Waals surface area (Å²) >= 11 is 7.36. The van der Waals surface area contributed by atoms with Gasteiger partial charge in [0.1, 0.15) is 0 Å². The molecule has 1 aromatic carbocycles. The van der Waals surface area contributed by atoms with Crippen molar-refractivity contribution in [1.82, 2.24) is 9.78 Å². The Morgan fingerprint density at radius 2 is 1.95 bits per heavy atom. The van der Waals surface area contributed by atoms with Gasteiger partial charge in [-0.1, -0.05) is 11.6 Å². The molecule has 2 rings (SSSR count). The number of aryl methyl sites for hydroxylation is 2. The van der Waals surface area contributed by atoms with E-state index in [9.17, 15) is 4.79 Å². The standard InChI is InChI=1S/C15H18ClN3OS/c1-9-14(10(2)19(4)18-9)17-15(20)11(3)21-13-7-5-12(16)6-8-13/h5-8,11H,1-4H3,(H,17,20). The molecule has 21 heavy (non-hydrogen) atoms. The van der Waals surface area contributed by atoms with Crippen LogP contribution in [-0.2, 0) is 11.8 Å². The van der Waals surface area contributed by atoms with Crippen molar-refractivity contribution in [3.05, 3.63) is 40.7 Å². The molecule has 1 heterocycles. The molecule has 2 aromatic rings. The van der Waals surface area contributed by atoms with Crippen LogP contribution in [0, 0.1) is 13.8 Å². The maximum absolute atomic E-state index is 12.3. The van der Waals surface area contributed by atoms with Crippen molar-refractivity contribution < 1.29 is 4.79 Å². The van der Waals surface area contributed by atoms with Gasteiger partial charge in [0.05, 0.1) is 22.3 Å². The molecule has 1 atom stereocenters. The van der Waals surface area contributed by atoms with E-state index in [1.165, 1.54) is 11.8 Å². The van der Waals surface area contributed by atoms with Gasteiger partial charge in [-0.15, -0.1) is 11.8 Å². The highest BCUT2D eigenvalue weighted by Gasteiger charge is 2.18. The van der Waals surface area contributed by atoms with Crippen LogP contribution in [0.2, 0.25) is 5.02 Å². The number of thioether (sulfide) groups is 1. The first-order valence-corrected chi connectivity index (χ1v) is 7.87. The zero-order valence-electron chi connectivity index (χ0n) is 12.5. The molecule has 6 heteroatoms. The van der Waals surface area contributed by atoms with Gasteiger partial charge in [0.25, 0.3) is 0 Å². The van der Waals surface area contributed by atoms with E-state index in [4.69, 9.17) is 11.6 Å². The largest absolute Gasteiger partial charge is 0.322 e. The molecule has 0 radical (unpaired) electrons. The van der Waals surface area contributed by atoms with E-state index >= 15 is 0 Å². The van der Waals surface area contributed by atoms with Crippen LogP contribution >= 0.6 is 23.4 Å². The summed E-state index contributed by atoms with van der Waals surface area (Å²) in [5, 5.41) is 7.75. The number of halogens is 1. The summed E-state index contributed by atoms with van der Waals surface area (Å²) in [4.78, 5) is 13.3. The quantitative estimate of drug-likeness (QED) is 0.870. The molecule has 0 aliphatic rings. The molecular formula is C15H18ClN3OS. The van der Waals surface area contributed by atoms with E-state index in [2.05, 4.69) is 10.4 Å². The smallest absolute Gasteiger partial charge is 0.237 e. The van der Waals surface area contributed by atoms with Gasteiger partial charge in [0.15, 0.2) is 0 Å². The number of aromatic nitrogens is 2. The Labute approximate surface area is 133 Å². The average Bonchev–Trinajstić information content (AvgIpc) is 2.68. The monoisotopic (exact) mass is 323 g/mol. The zero-order valence-corrected chi connectivity index (χ0v) is 14.0. The van der Waals surface area contributed by atoms with E-state index in [0.717, 1.165) is 22.0 Å². The van der Waals surface area contributed by atoms with Crippen molar-refractivity contribution >= 4 is 35.0 Å². The lowest BCUT2D eigenvalue weighted by Gasteiger charge is -2.12. The van der Waals surface area contributed by atoms with Gasteiger partial charge in [0.2, 0.25) is 5.91 Å². The van der Waals surface area contributed by atoms with Crippen molar-refractivity contribution in [2.24, 2.45) is 7.05 Å². The molecule has 0 fully saturated rings. The number of amides is 1. The third-order valence-electron chi connectivity index (χ3n) is 3.25. The topological polar surface area (TPSA) is 46.9 Å². The molecule has 0 aliphatic heterocycles. The Hall–Kier alpha value is -1.46. The molecule has 1 N–H and O–H groups in total. The van der Waals surface area contributed by atoms with Crippen molar-refractivity contribution in [1.29, 1.82) is 0 Å². The number of hydrogen-bond acceptors (Lipinski definition) is 3. The predicted molar refractivity (Wildman–Crippen MR) is 88.1 cm³/mol. The SMILES string of the molecule is Cc1nn(C)c(C)c1NC(=O)C(C)Sc1ccc(Cl)cc1. The second-order valence-corrected chi connectivity index (χ2v) is 6.72. The minimum Gasteiger partial charge on any atom is -0.322 e. The number of nitrogens with one attached hydrogen (secondary N) is 1. The van der Waals surface area contributed by atoms with Crippen molar-refractivity contribution in [2.75, 3.05) is 5.32 Å². The van der Waals surface area contributed by atoms with Crippen molar-refractivity contribution in [3.63, 3.8) is 0 Å². The number of benzene rings is 1. The molecule has 4 nitrogen and oxygen atoms in total. The Balaban J connectivity index is 2.04. The fourth-order valence-electron chi connectivity index (χ4n) is 1.95. The number of nitrogens with zero attached hydrogens (tertiary/aromatic N) is 2. The summed E-state index contributed by atoms with van der Waals surface area (Å²) in [6.07, 6.45) is 0. The number of rotatable bonds is 4. The highest BCUT2D eigenvalue weighted by atomic mass is 35.5. The summed E-state index contributed by atoms with van der Waals surface area (Å²) < 4.78 is 1.77. The first-order chi connectivity index (χ1) is 9.88. The van der Waals surface area contributed by atoms with Gasteiger partial charge >= 0.3 is 0 Å². The fraction of sp³-hybridized carbons (Fsp3) is 0.333. The van der Waals surface area contributed by atoms with Crippen LogP contribution in [0.3, 0.4) is 0 Å². The van der Waals surface area contributed by atoms with Crippen molar-refractivity contribution in [3.8, 4) is 0 Å². The summed E-state index contributed by atoms with van der Waals surface area (Å²) in [5.74, 6) is -0.0332. The molecule has 0 spiro atoms. The molecule has 1 unspecified atom stereocenters. The van der Waals surface area contributed by atoms with E-state index in [0.29, 0.717) is 5.02 Å². The molecule has 1 amide bonds. The van der Waals surface area contributed by atoms with Crippen LogP contribution in [0.25, 0.3) is 0 Å². The van der Waals surface area contributed by atoms with Gasteiger partial charge in [-0.25, -0.2) is 0 Å². The Morgan fingerprint density at radius 1 is 1.33 bits per heavy atom. The summed E-state index contributed by atoms with van der Waals surface area (Å²) in [5.41, 5.74) is 2.57. The zero-order chi connectivity index (χ0) is 15.6. The predicted octanol–water partition coefficient (Wildman–Crippen LogP) is 3.81. The van der Waals surface area contributed by atoms with E-state index < -0.39 is 0 Å². The molecule has 112 valence electrons. The van der Waals surface area contributed by atoms with Crippen LogP contribution in [0.1, 0.15) is 18.3 Å². The lowest BCUT2D eigenvalue weighted by Crippen LogP contribution is -2.23. The summed E-state index contributed by atoms with van der Waals surface area (Å²) in [7, 11) is 1.86.